The fourth-order valence-corrected chi connectivity index (χ4v) is 2.87. The monoisotopic (exact) mass is 281 g/mol. The van der Waals surface area contributed by atoms with Crippen LogP contribution in [0.15, 0.2) is 35.2 Å². The van der Waals surface area contributed by atoms with E-state index in [0.717, 1.165) is 30.6 Å². The number of pyridine rings is 1. The van der Waals surface area contributed by atoms with E-state index in [4.69, 9.17) is 0 Å². The molecule has 0 spiro atoms. The molecule has 100 valence electrons. The molecule has 0 aliphatic heterocycles. The van der Waals surface area contributed by atoms with Gasteiger partial charge in [-0.2, -0.15) is 5.26 Å². The summed E-state index contributed by atoms with van der Waals surface area (Å²) in [5.74, 6) is 0.671. The van der Waals surface area contributed by atoms with Crippen molar-refractivity contribution in [3.05, 3.63) is 47.2 Å². The van der Waals surface area contributed by atoms with Crippen molar-refractivity contribution in [1.82, 2.24) is 4.98 Å². The van der Waals surface area contributed by atoms with Gasteiger partial charge < -0.3 is 5.32 Å². The van der Waals surface area contributed by atoms with E-state index < -0.39 is 0 Å². The van der Waals surface area contributed by atoms with Gasteiger partial charge in [0.2, 0.25) is 0 Å². The molecule has 0 saturated carbocycles. The molecule has 1 aliphatic rings. The maximum atomic E-state index is 9.28. The van der Waals surface area contributed by atoms with E-state index in [-0.39, 0.29) is 0 Å². The third kappa shape index (κ3) is 2.50. The van der Waals surface area contributed by atoms with Crippen molar-refractivity contribution in [3.8, 4) is 6.07 Å². The van der Waals surface area contributed by atoms with Gasteiger partial charge in [0.1, 0.15) is 11.9 Å². The minimum absolute atomic E-state index is 0.625. The fourth-order valence-electron chi connectivity index (χ4n) is 2.46. The third-order valence-electron chi connectivity index (χ3n) is 3.52. The lowest BCUT2D eigenvalue weighted by Crippen LogP contribution is -2.00. The third-order valence-corrected chi connectivity index (χ3v) is 4.27. The fraction of sp³-hybridized carbons (Fsp3) is 0.250. The quantitative estimate of drug-likeness (QED) is 0.867. The Morgan fingerprint density at radius 2 is 2.05 bits per heavy atom. The number of anilines is 2. The Balaban J connectivity index is 1.91. The number of thioether (sulfide) groups is 1. The molecule has 1 aliphatic carbocycles. The number of hydrogen-bond donors (Lipinski definition) is 1. The molecule has 1 aromatic carbocycles. The number of hydrogen-bond acceptors (Lipinski definition) is 4. The molecule has 0 fully saturated rings. The van der Waals surface area contributed by atoms with Crippen molar-refractivity contribution in [2.75, 3.05) is 11.6 Å². The smallest absolute Gasteiger partial charge is 0.148 e. The average Bonchev–Trinajstić information content (AvgIpc) is 2.94. The standard InChI is InChI=1S/C16H15N3S/c1-20-14-7-5-13(6-8-14)18-16-12(10-17)9-11-3-2-4-15(11)19-16/h5-9H,2-4H2,1H3,(H,18,19). The van der Waals surface area contributed by atoms with Crippen molar-refractivity contribution in [1.29, 1.82) is 5.26 Å². The lowest BCUT2D eigenvalue weighted by molar-refractivity contribution is 0.900. The van der Waals surface area contributed by atoms with Gasteiger partial charge in [-0.1, -0.05) is 0 Å². The van der Waals surface area contributed by atoms with Gasteiger partial charge in [0.05, 0.1) is 5.56 Å². The summed E-state index contributed by atoms with van der Waals surface area (Å²) < 4.78 is 0. The summed E-state index contributed by atoms with van der Waals surface area (Å²) in [6, 6.07) is 12.4. The van der Waals surface area contributed by atoms with Crippen LogP contribution >= 0.6 is 11.8 Å². The largest absolute Gasteiger partial charge is 0.339 e. The number of nitriles is 1. The van der Waals surface area contributed by atoms with Crippen LogP contribution in [0.3, 0.4) is 0 Å². The molecule has 20 heavy (non-hydrogen) atoms. The Morgan fingerprint density at radius 1 is 1.25 bits per heavy atom. The Bertz CT molecular complexity index is 671. The van der Waals surface area contributed by atoms with E-state index in [9.17, 15) is 5.26 Å². The van der Waals surface area contributed by atoms with Gasteiger partial charge in [0.25, 0.3) is 0 Å². The summed E-state index contributed by atoms with van der Waals surface area (Å²) in [5.41, 5.74) is 3.95. The highest BCUT2D eigenvalue weighted by molar-refractivity contribution is 7.98. The zero-order chi connectivity index (χ0) is 13.9. The highest BCUT2D eigenvalue weighted by Gasteiger charge is 2.16. The van der Waals surface area contributed by atoms with Gasteiger partial charge >= 0.3 is 0 Å². The molecule has 0 unspecified atom stereocenters. The van der Waals surface area contributed by atoms with E-state index in [2.05, 4.69) is 34.8 Å². The normalized spacial score (nSPS) is 12.8. The van der Waals surface area contributed by atoms with Crippen LogP contribution in [0.1, 0.15) is 23.2 Å². The van der Waals surface area contributed by atoms with Crippen molar-refractivity contribution in [2.45, 2.75) is 24.2 Å². The van der Waals surface area contributed by atoms with Crippen LogP contribution in [0.4, 0.5) is 11.5 Å². The molecule has 1 heterocycles. The molecule has 2 aromatic rings. The van der Waals surface area contributed by atoms with Gasteiger partial charge in [-0.25, -0.2) is 4.98 Å². The van der Waals surface area contributed by atoms with Crippen LogP contribution in [-0.2, 0) is 12.8 Å². The predicted octanol–water partition coefficient (Wildman–Crippen LogP) is 3.91. The molecule has 1 N–H and O–H groups in total. The Hall–Kier alpha value is -1.99. The van der Waals surface area contributed by atoms with Gasteiger partial charge in [0.15, 0.2) is 0 Å². The number of nitrogens with one attached hydrogen (secondary N) is 1. The predicted molar refractivity (Wildman–Crippen MR) is 82.5 cm³/mol. The van der Waals surface area contributed by atoms with Crippen molar-refractivity contribution >= 4 is 23.3 Å². The summed E-state index contributed by atoms with van der Waals surface area (Å²) >= 11 is 1.71. The molecule has 0 atom stereocenters. The zero-order valence-electron chi connectivity index (χ0n) is 11.3. The van der Waals surface area contributed by atoms with Gasteiger partial charge in [0, 0.05) is 16.3 Å². The Labute approximate surface area is 123 Å². The van der Waals surface area contributed by atoms with E-state index in [1.807, 2.05) is 18.2 Å². The summed E-state index contributed by atoms with van der Waals surface area (Å²) in [7, 11) is 0. The van der Waals surface area contributed by atoms with Crippen LogP contribution in [0, 0.1) is 11.3 Å². The molecule has 3 nitrogen and oxygen atoms in total. The molecule has 0 radical (unpaired) electrons. The number of fused-ring (bicyclic) bond motifs is 1. The number of benzene rings is 1. The summed E-state index contributed by atoms with van der Waals surface area (Å²) in [4.78, 5) is 5.84. The Morgan fingerprint density at radius 3 is 2.75 bits per heavy atom. The first-order valence-corrected chi connectivity index (χ1v) is 7.86. The lowest BCUT2D eigenvalue weighted by Gasteiger charge is -2.10. The lowest BCUT2D eigenvalue weighted by atomic mass is 10.1. The molecule has 0 bridgehead atoms. The van der Waals surface area contributed by atoms with Crippen molar-refractivity contribution < 1.29 is 0 Å². The van der Waals surface area contributed by atoms with E-state index in [0.29, 0.717) is 11.4 Å². The van der Waals surface area contributed by atoms with Crippen molar-refractivity contribution in [3.63, 3.8) is 0 Å². The second kappa shape index (κ2) is 5.56. The minimum Gasteiger partial charge on any atom is -0.339 e. The summed E-state index contributed by atoms with van der Waals surface area (Å²) in [5, 5.41) is 12.5. The van der Waals surface area contributed by atoms with Crippen LogP contribution in [0.2, 0.25) is 0 Å². The molecule has 3 rings (SSSR count). The highest BCUT2D eigenvalue weighted by atomic mass is 32.2. The van der Waals surface area contributed by atoms with Crippen LogP contribution in [-0.4, -0.2) is 11.2 Å². The Kier molecular flexibility index (Phi) is 3.62. The summed E-state index contributed by atoms with van der Waals surface area (Å²) in [6.45, 7) is 0. The number of rotatable bonds is 3. The summed E-state index contributed by atoms with van der Waals surface area (Å²) in [6.07, 6.45) is 5.25. The number of nitrogens with zero attached hydrogens (tertiary/aromatic N) is 2. The van der Waals surface area contributed by atoms with Crippen LogP contribution in [0.25, 0.3) is 0 Å². The molecule has 0 amide bonds. The second-order valence-electron chi connectivity index (χ2n) is 4.81. The van der Waals surface area contributed by atoms with E-state index in [1.165, 1.54) is 10.5 Å². The SMILES string of the molecule is CSc1ccc(Nc2nc3c(cc2C#N)CCC3)cc1. The first kappa shape index (κ1) is 13.0. The van der Waals surface area contributed by atoms with Gasteiger partial charge in [-0.15, -0.1) is 11.8 Å². The van der Waals surface area contributed by atoms with Crippen LogP contribution < -0.4 is 5.32 Å². The molecular weight excluding hydrogens is 266 g/mol. The maximum absolute atomic E-state index is 9.28. The van der Waals surface area contributed by atoms with Gasteiger partial charge in [-0.3, -0.25) is 0 Å². The topological polar surface area (TPSA) is 48.7 Å². The zero-order valence-corrected chi connectivity index (χ0v) is 12.1. The average molecular weight is 281 g/mol. The minimum atomic E-state index is 0.625. The molecule has 4 heteroatoms. The first-order chi connectivity index (χ1) is 9.80. The van der Waals surface area contributed by atoms with Crippen molar-refractivity contribution in [2.24, 2.45) is 0 Å². The molecular formula is C16H15N3S. The molecule has 0 saturated heterocycles. The molecule has 1 aromatic heterocycles. The number of aromatic nitrogens is 1. The second-order valence-corrected chi connectivity index (χ2v) is 5.69. The maximum Gasteiger partial charge on any atom is 0.148 e. The first-order valence-electron chi connectivity index (χ1n) is 6.64. The van der Waals surface area contributed by atoms with Crippen LogP contribution in [0.5, 0.6) is 0 Å². The van der Waals surface area contributed by atoms with E-state index >= 15 is 0 Å². The van der Waals surface area contributed by atoms with E-state index in [1.54, 1.807) is 11.8 Å². The van der Waals surface area contributed by atoms with Gasteiger partial charge in [-0.05, 0) is 61.4 Å². The highest BCUT2D eigenvalue weighted by Crippen LogP contribution is 2.27. The number of aryl methyl sites for hydroxylation is 2.